The molecule has 23 aromatic rings. The fourth-order valence-corrected chi connectivity index (χ4v) is 18.5. The van der Waals surface area contributed by atoms with E-state index in [0.717, 1.165) is 83.0 Å². The van der Waals surface area contributed by atoms with Gasteiger partial charge in [0.1, 0.15) is 16.7 Å². The lowest BCUT2D eigenvalue weighted by Gasteiger charge is -2.16. The first-order valence-electron chi connectivity index (χ1n) is 39.2. The highest BCUT2D eigenvalue weighted by Crippen LogP contribution is 2.51. The van der Waals surface area contributed by atoms with Gasteiger partial charge in [0, 0.05) is 71.5 Å². The smallest absolute Gasteiger partial charge is 0.160 e. The lowest BCUT2D eigenvalue weighted by molar-refractivity contribution is 0.669. The largest absolute Gasteiger partial charge is 0.456 e. The van der Waals surface area contributed by atoms with E-state index in [4.69, 9.17) is 8.83 Å². The minimum absolute atomic E-state index is 0.175. The zero-order valence-electron chi connectivity index (χ0n) is 62.0. The molecule has 0 spiro atoms. The van der Waals surface area contributed by atoms with Crippen molar-refractivity contribution in [1.29, 1.82) is 0 Å². The Morgan fingerprint density at radius 1 is 0.193 bits per heavy atom. The molecule has 24 rings (SSSR count). The highest BCUT2D eigenvalue weighted by atomic mass is 16.3. The highest BCUT2D eigenvalue weighted by molar-refractivity contribution is 6.26. The van der Waals surface area contributed by atoms with E-state index in [1.807, 2.05) is 12.1 Å². The van der Waals surface area contributed by atoms with Crippen LogP contribution in [0, 0.1) is 0 Å². The van der Waals surface area contributed by atoms with Gasteiger partial charge in [-0.25, -0.2) is 0 Å². The quantitative estimate of drug-likeness (QED) is 0.137. The summed E-state index contributed by atoms with van der Waals surface area (Å²) in [6.45, 7) is 0. The van der Waals surface area contributed by atoms with Crippen LogP contribution in [0.2, 0.25) is 0 Å². The van der Waals surface area contributed by atoms with Crippen molar-refractivity contribution in [3.63, 3.8) is 0 Å². The van der Waals surface area contributed by atoms with E-state index in [0.29, 0.717) is 0 Å². The lowest BCUT2D eigenvalue weighted by Crippen LogP contribution is -1.99. The number of benzene rings is 18. The predicted octanol–water partition coefficient (Wildman–Crippen LogP) is 29.6. The van der Waals surface area contributed by atoms with Crippen LogP contribution in [0.5, 0.6) is 0 Å². The van der Waals surface area contributed by atoms with Crippen LogP contribution in [-0.4, -0.2) is 13.7 Å². The van der Waals surface area contributed by atoms with E-state index in [-0.39, 0.29) is 5.92 Å². The maximum absolute atomic E-state index is 6.71. The molecule has 0 fully saturated rings. The monoisotopic (exact) mass is 1450 g/mol. The Kier molecular flexibility index (Phi) is 15.0. The zero-order valence-corrected chi connectivity index (χ0v) is 62.0. The Bertz CT molecular complexity index is 7750. The molecule has 532 valence electrons. The Hall–Kier alpha value is -15.0. The Morgan fingerprint density at radius 2 is 0.605 bits per heavy atom. The molecule has 18 aromatic carbocycles. The van der Waals surface area contributed by atoms with E-state index in [1.54, 1.807) is 0 Å². The average Bonchev–Trinajstić information content (AvgIpc) is 1.56. The molecule has 0 bridgehead atoms. The van der Waals surface area contributed by atoms with E-state index < -0.39 is 0 Å². The second-order valence-electron chi connectivity index (χ2n) is 30.1. The summed E-state index contributed by atoms with van der Waals surface area (Å²) < 4.78 is 20.4. The fourth-order valence-electron chi connectivity index (χ4n) is 18.5. The second kappa shape index (κ2) is 26.3. The van der Waals surface area contributed by atoms with Crippen LogP contribution in [0.3, 0.4) is 0 Å². The molecular weight excluding hydrogens is 1380 g/mol. The van der Waals surface area contributed by atoms with Crippen LogP contribution >= 0.6 is 0 Å². The Balaban J connectivity index is 0.000000135. The Morgan fingerprint density at radius 3 is 1.24 bits per heavy atom. The minimum atomic E-state index is 0.175. The molecule has 1 unspecified atom stereocenters. The second-order valence-corrected chi connectivity index (χ2v) is 30.1. The third kappa shape index (κ3) is 10.5. The van der Waals surface area contributed by atoms with Crippen molar-refractivity contribution >= 4 is 109 Å². The van der Waals surface area contributed by atoms with Crippen molar-refractivity contribution in [3.8, 4) is 95.0 Å². The molecule has 5 heterocycles. The molecule has 1 aliphatic rings. The molecule has 5 aromatic heterocycles. The summed E-state index contributed by atoms with van der Waals surface area (Å²) in [5.41, 5.74) is 35.1. The fraction of sp³-hybridized carbons (Fsp3) is 0.00917. The van der Waals surface area contributed by atoms with Crippen LogP contribution in [0.25, 0.3) is 204 Å². The van der Waals surface area contributed by atoms with Gasteiger partial charge in [-0.1, -0.05) is 297 Å². The summed E-state index contributed by atoms with van der Waals surface area (Å²) in [5, 5.41) is 11.8. The molecule has 0 N–H and O–H groups in total. The van der Waals surface area contributed by atoms with E-state index in [9.17, 15) is 0 Å². The van der Waals surface area contributed by atoms with Gasteiger partial charge in [-0.2, -0.15) is 0 Å². The highest BCUT2D eigenvalue weighted by Gasteiger charge is 2.31. The molecule has 1 aliphatic carbocycles. The standard InChI is InChI=1S/C55H35NO.C54H34N2O/c1-3-12-35(13-4-1)37-22-26-42(27-23-37)56-51-31-25-40(34-50(51)47-29-30-48-44-19-9-10-21-52(44)57-55(48)54(47)56)39-24-28-46-49(33-39)43-18-7-8-20-45(43)53(46)41-17-11-16-38(32-41)36-14-5-2-6-15-36;1-3-12-35(13-4-1)37-22-26-41(27-23-37)56-50-30-25-40(34-47(50)44-28-31-52-53(54(44)56)45-19-8-10-21-51(45)57-52)39-24-29-49-46(33-39)43-18-7-9-20-48(43)55(49)42-17-11-16-38(32-42)36-14-5-2-6-15-36/h1-34,53H;1-34H. The Labute approximate surface area is 657 Å². The summed E-state index contributed by atoms with van der Waals surface area (Å²) in [7, 11) is 0. The number of hydrogen-bond acceptors (Lipinski definition) is 2. The number of rotatable bonds is 10. The zero-order chi connectivity index (χ0) is 74.9. The van der Waals surface area contributed by atoms with Gasteiger partial charge in [0.15, 0.2) is 5.58 Å². The van der Waals surface area contributed by atoms with Crippen molar-refractivity contribution in [2.24, 2.45) is 0 Å². The molecule has 0 radical (unpaired) electrons. The molecule has 0 saturated heterocycles. The summed E-state index contributed by atoms with van der Waals surface area (Å²) >= 11 is 0. The van der Waals surface area contributed by atoms with Gasteiger partial charge >= 0.3 is 0 Å². The number of fused-ring (bicyclic) bond motifs is 20. The molecular formula is C109H69N3O2. The predicted molar refractivity (Wildman–Crippen MR) is 476 cm³/mol. The summed E-state index contributed by atoms with van der Waals surface area (Å²) in [6.07, 6.45) is 0. The number of hydrogen-bond donors (Lipinski definition) is 0. The van der Waals surface area contributed by atoms with Crippen LogP contribution in [0.15, 0.2) is 421 Å². The third-order valence-corrected chi connectivity index (χ3v) is 23.8. The van der Waals surface area contributed by atoms with Gasteiger partial charge in [-0.3, -0.25) is 0 Å². The molecule has 0 amide bonds. The molecule has 0 saturated carbocycles. The van der Waals surface area contributed by atoms with Crippen molar-refractivity contribution in [1.82, 2.24) is 13.7 Å². The van der Waals surface area contributed by atoms with Crippen LogP contribution in [0.4, 0.5) is 0 Å². The average molecular weight is 1450 g/mol. The van der Waals surface area contributed by atoms with Gasteiger partial charge in [0.05, 0.1) is 38.5 Å². The summed E-state index contributed by atoms with van der Waals surface area (Å²) in [6, 6.07) is 150. The maximum atomic E-state index is 6.71. The van der Waals surface area contributed by atoms with Crippen molar-refractivity contribution in [3.05, 3.63) is 429 Å². The van der Waals surface area contributed by atoms with E-state index >= 15 is 0 Å². The third-order valence-electron chi connectivity index (χ3n) is 23.8. The van der Waals surface area contributed by atoms with E-state index in [1.165, 1.54) is 138 Å². The normalized spacial score (nSPS) is 12.6. The van der Waals surface area contributed by atoms with Crippen LogP contribution < -0.4 is 0 Å². The first-order valence-corrected chi connectivity index (χ1v) is 39.2. The molecule has 0 aliphatic heterocycles. The van der Waals surface area contributed by atoms with Crippen molar-refractivity contribution < 1.29 is 8.83 Å². The minimum Gasteiger partial charge on any atom is -0.456 e. The van der Waals surface area contributed by atoms with Gasteiger partial charge < -0.3 is 22.5 Å². The van der Waals surface area contributed by atoms with Gasteiger partial charge in [-0.05, 0) is 210 Å². The first kappa shape index (κ1) is 64.9. The number of nitrogens with zero attached hydrogens (tertiary/aromatic N) is 3. The van der Waals surface area contributed by atoms with Gasteiger partial charge in [0.2, 0.25) is 0 Å². The van der Waals surface area contributed by atoms with Crippen molar-refractivity contribution in [2.75, 3.05) is 0 Å². The van der Waals surface area contributed by atoms with Gasteiger partial charge in [0.25, 0.3) is 0 Å². The van der Waals surface area contributed by atoms with Gasteiger partial charge in [-0.15, -0.1) is 0 Å². The molecule has 5 heteroatoms. The van der Waals surface area contributed by atoms with Crippen LogP contribution in [0.1, 0.15) is 22.6 Å². The first-order chi connectivity index (χ1) is 56.5. The number of para-hydroxylation sites is 3. The van der Waals surface area contributed by atoms with E-state index in [2.05, 4.69) is 414 Å². The summed E-state index contributed by atoms with van der Waals surface area (Å²) in [4.78, 5) is 0. The summed E-state index contributed by atoms with van der Waals surface area (Å²) in [5.74, 6) is 0.175. The molecule has 1 atom stereocenters. The molecule has 114 heavy (non-hydrogen) atoms. The van der Waals surface area contributed by atoms with Crippen LogP contribution in [-0.2, 0) is 0 Å². The topological polar surface area (TPSA) is 41.1 Å². The molecule has 5 nitrogen and oxygen atoms in total. The number of aromatic nitrogens is 3. The maximum Gasteiger partial charge on any atom is 0.160 e. The SMILES string of the molecule is c1ccc(-c2ccc(-n3c4ccc(-c5ccc6c(c5)-c5ccccc5C6c5cccc(-c6ccccc6)c5)cc4c4ccc5c6ccccc6oc5c43)cc2)cc1.c1ccc(-c2ccc(-n3c4ccc(-c5ccc6c(c5)c5ccccc5n6-c5cccc(-c6ccccc6)c5)cc4c4ccc5oc6ccccc6c5c43)cc2)cc1. The lowest BCUT2D eigenvalue weighted by atomic mass is 9.87. The van der Waals surface area contributed by atoms with Crippen molar-refractivity contribution in [2.45, 2.75) is 5.92 Å². The number of furan rings is 2.